The lowest BCUT2D eigenvalue weighted by molar-refractivity contribution is 0.731. The lowest BCUT2D eigenvalue weighted by atomic mass is 10.1. The van der Waals surface area contributed by atoms with Crippen molar-refractivity contribution in [3.05, 3.63) is 12.2 Å². The van der Waals surface area contributed by atoms with Gasteiger partial charge in [-0.05, 0) is 19.4 Å². The van der Waals surface area contributed by atoms with Crippen molar-refractivity contribution in [3.63, 3.8) is 0 Å². The van der Waals surface area contributed by atoms with Crippen LogP contribution in [0.15, 0.2) is 12.2 Å². The molecule has 0 spiro atoms. The molecule has 54 valence electrons. The fraction of sp³-hybridized carbons (Fsp3) is 0.714. The first-order chi connectivity index (χ1) is 4.16. The van der Waals surface area contributed by atoms with Gasteiger partial charge >= 0.3 is 0 Å². The monoisotopic (exact) mass is 128 g/mol. The average Bonchev–Trinajstić information content (AvgIpc) is 1.83. The van der Waals surface area contributed by atoms with Gasteiger partial charge in [0.2, 0.25) is 0 Å². The molecule has 4 N–H and O–H groups in total. The molecule has 0 saturated carbocycles. The Balaban J connectivity index is 3.43. The first-order valence-electron chi connectivity index (χ1n) is 3.30. The molecule has 0 aliphatic heterocycles. The molecule has 0 aliphatic rings. The number of rotatable bonds is 3. The van der Waals surface area contributed by atoms with Gasteiger partial charge in [0, 0.05) is 6.04 Å². The summed E-state index contributed by atoms with van der Waals surface area (Å²) in [6.07, 6.45) is 4.02. The quantitative estimate of drug-likeness (QED) is 0.543. The van der Waals surface area contributed by atoms with E-state index in [1.165, 1.54) is 0 Å². The maximum Gasteiger partial charge on any atom is 0.0194 e. The van der Waals surface area contributed by atoms with Gasteiger partial charge in [-0.15, -0.1) is 0 Å². The molecule has 0 saturated heterocycles. The molecule has 0 fully saturated rings. The zero-order chi connectivity index (χ0) is 7.28. The van der Waals surface area contributed by atoms with Crippen LogP contribution in [0.4, 0.5) is 0 Å². The van der Waals surface area contributed by atoms with Gasteiger partial charge in [-0.3, -0.25) is 0 Å². The number of hydrogen-bond donors (Lipinski definition) is 2. The van der Waals surface area contributed by atoms with Crippen molar-refractivity contribution in [2.75, 3.05) is 6.54 Å². The van der Waals surface area contributed by atoms with E-state index in [1.54, 1.807) is 0 Å². The fourth-order valence-corrected chi connectivity index (χ4v) is 0.444. The van der Waals surface area contributed by atoms with Crippen molar-refractivity contribution < 1.29 is 0 Å². The van der Waals surface area contributed by atoms with Crippen molar-refractivity contribution in [1.29, 1.82) is 0 Å². The van der Waals surface area contributed by atoms with E-state index in [2.05, 4.69) is 6.92 Å². The summed E-state index contributed by atoms with van der Waals surface area (Å²) in [7, 11) is 0. The van der Waals surface area contributed by atoms with Crippen LogP contribution in [0.1, 0.15) is 13.8 Å². The largest absolute Gasteiger partial charge is 0.330 e. The minimum atomic E-state index is 0.152. The van der Waals surface area contributed by atoms with E-state index in [0.717, 1.165) is 0 Å². The average molecular weight is 128 g/mol. The molecule has 0 aliphatic carbocycles. The van der Waals surface area contributed by atoms with Crippen LogP contribution in [0, 0.1) is 5.92 Å². The first kappa shape index (κ1) is 8.66. The van der Waals surface area contributed by atoms with Gasteiger partial charge in [0.25, 0.3) is 0 Å². The first-order valence-corrected chi connectivity index (χ1v) is 3.30. The molecule has 2 nitrogen and oxygen atoms in total. The highest BCUT2D eigenvalue weighted by molar-refractivity contribution is 4.92. The van der Waals surface area contributed by atoms with Gasteiger partial charge in [0.05, 0.1) is 0 Å². The molecule has 0 aromatic heterocycles. The van der Waals surface area contributed by atoms with Gasteiger partial charge < -0.3 is 11.5 Å². The van der Waals surface area contributed by atoms with E-state index in [0.29, 0.717) is 12.5 Å². The molecular weight excluding hydrogens is 112 g/mol. The van der Waals surface area contributed by atoms with Gasteiger partial charge in [0.1, 0.15) is 0 Å². The van der Waals surface area contributed by atoms with Crippen LogP contribution in [-0.2, 0) is 0 Å². The summed E-state index contributed by atoms with van der Waals surface area (Å²) in [5.41, 5.74) is 10.8. The Morgan fingerprint density at radius 1 is 1.33 bits per heavy atom. The van der Waals surface area contributed by atoms with Gasteiger partial charge in [-0.1, -0.05) is 19.1 Å². The summed E-state index contributed by atoms with van der Waals surface area (Å²) in [6.45, 7) is 4.71. The minimum Gasteiger partial charge on any atom is -0.330 e. The lowest BCUT2D eigenvalue weighted by Crippen LogP contribution is -2.13. The van der Waals surface area contributed by atoms with Crippen molar-refractivity contribution in [1.82, 2.24) is 0 Å². The second-order valence-electron chi connectivity index (χ2n) is 2.46. The Labute approximate surface area is 56.9 Å². The van der Waals surface area contributed by atoms with Crippen molar-refractivity contribution in [2.45, 2.75) is 19.9 Å². The molecule has 0 bridgehead atoms. The van der Waals surface area contributed by atoms with E-state index in [1.807, 2.05) is 19.1 Å². The van der Waals surface area contributed by atoms with Crippen LogP contribution in [0.25, 0.3) is 0 Å². The van der Waals surface area contributed by atoms with E-state index in [4.69, 9.17) is 11.5 Å². The summed E-state index contributed by atoms with van der Waals surface area (Å²) >= 11 is 0. The SMILES string of the molecule is CC(N)C=CC(C)CN. The van der Waals surface area contributed by atoms with Crippen LogP contribution in [0.2, 0.25) is 0 Å². The second-order valence-corrected chi connectivity index (χ2v) is 2.46. The van der Waals surface area contributed by atoms with E-state index >= 15 is 0 Å². The second kappa shape index (κ2) is 4.53. The summed E-state index contributed by atoms with van der Waals surface area (Å²) < 4.78 is 0. The highest BCUT2D eigenvalue weighted by atomic mass is 14.6. The standard InChI is InChI=1S/C7H16N2/c1-6(5-8)3-4-7(2)9/h3-4,6-7H,5,8-9H2,1-2H3. The Morgan fingerprint density at radius 3 is 2.22 bits per heavy atom. The van der Waals surface area contributed by atoms with Crippen LogP contribution >= 0.6 is 0 Å². The summed E-state index contributed by atoms with van der Waals surface area (Å²) in [4.78, 5) is 0. The number of nitrogens with two attached hydrogens (primary N) is 2. The van der Waals surface area contributed by atoms with Crippen molar-refractivity contribution in [3.8, 4) is 0 Å². The normalized spacial score (nSPS) is 18.2. The Bertz CT molecular complexity index is 86.9. The highest BCUT2D eigenvalue weighted by Crippen LogP contribution is 1.93. The maximum atomic E-state index is 5.47. The maximum absolute atomic E-state index is 5.47. The summed E-state index contributed by atoms with van der Waals surface area (Å²) in [6, 6.07) is 0.152. The van der Waals surface area contributed by atoms with Gasteiger partial charge in [0.15, 0.2) is 0 Å². The lowest BCUT2D eigenvalue weighted by Gasteiger charge is -2.00. The zero-order valence-electron chi connectivity index (χ0n) is 6.17. The molecule has 9 heavy (non-hydrogen) atoms. The molecule has 0 aromatic rings. The van der Waals surface area contributed by atoms with Crippen molar-refractivity contribution >= 4 is 0 Å². The fourth-order valence-electron chi connectivity index (χ4n) is 0.444. The van der Waals surface area contributed by atoms with Crippen LogP contribution in [-0.4, -0.2) is 12.6 Å². The molecule has 2 unspecified atom stereocenters. The van der Waals surface area contributed by atoms with Gasteiger partial charge in [-0.25, -0.2) is 0 Å². The van der Waals surface area contributed by atoms with E-state index < -0.39 is 0 Å². The smallest absolute Gasteiger partial charge is 0.0194 e. The molecule has 2 atom stereocenters. The molecule has 0 aromatic carbocycles. The predicted molar refractivity (Wildman–Crippen MR) is 41.0 cm³/mol. The van der Waals surface area contributed by atoms with Crippen LogP contribution in [0.5, 0.6) is 0 Å². The molecule has 2 heteroatoms. The minimum absolute atomic E-state index is 0.152. The molecule has 0 heterocycles. The number of hydrogen-bond acceptors (Lipinski definition) is 2. The third-order valence-corrected chi connectivity index (χ3v) is 1.11. The zero-order valence-corrected chi connectivity index (χ0v) is 6.17. The summed E-state index contributed by atoms with van der Waals surface area (Å²) in [5.74, 6) is 0.455. The third kappa shape index (κ3) is 5.53. The van der Waals surface area contributed by atoms with Crippen LogP contribution < -0.4 is 11.5 Å². The van der Waals surface area contributed by atoms with Gasteiger partial charge in [-0.2, -0.15) is 0 Å². The molecule has 0 amide bonds. The Morgan fingerprint density at radius 2 is 1.89 bits per heavy atom. The topological polar surface area (TPSA) is 52.0 Å². The van der Waals surface area contributed by atoms with E-state index in [9.17, 15) is 0 Å². The predicted octanol–water partition coefficient (Wildman–Crippen LogP) is 0.485. The Hall–Kier alpha value is -0.340. The van der Waals surface area contributed by atoms with E-state index in [-0.39, 0.29) is 6.04 Å². The molecular formula is C7H16N2. The highest BCUT2D eigenvalue weighted by Gasteiger charge is 1.90. The van der Waals surface area contributed by atoms with Crippen molar-refractivity contribution in [2.24, 2.45) is 17.4 Å². The van der Waals surface area contributed by atoms with Crippen LogP contribution in [0.3, 0.4) is 0 Å². The third-order valence-electron chi connectivity index (χ3n) is 1.11. The Kier molecular flexibility index (Phi) is 4.36. The summed E-state index contributed by atoms with van der Waals surface area (Å²) in [5, 5.41) is 0. The molecule has 0 radical (unpaired) electrons. The molecule has 0 rings (SSSR count).